The molecule has 8 heteroatoms. The molecule has 3 rings (SSSR count). The number of hydrogen-bond acceptors (Lipinski definition) is 4. The van der Waals surface area contributed by atoms with Crippen LogP contribution in [-0.4, -0.2) is 32.7 Å². The van der Waals surface area contributed by atoms with Crippen LogP contribution in [0.3, 0.4) is 0 Å². The van der Waals surface area contributed by atoms with Gasteiger partial charge >= 0.3 is 0 Å². The Hall–Kier alpha value is -1.41. The molecular formula is C17H19ClN2O3S2. The molecule has 0 radical (unpaired) electrons. The van der Waals surface area contributed by atoms with Crippen molar-refractivity contribution in [2.75, 3.05) is 14.1 Å². The number of thiophene rings is 1. The Labute approximate surface area is 156 Å². The van der Waals surface area contributed by atoms with Gasteiger partial charge in [-0.2, -0.15) is 0 Å². The van der Waals surface area contributed by atoms with E-state index < -0.39 is 10.0 Å². The van der Waals surface area contributed by atoms with E-state index in [1.165, 1.54) is 32.3 Å². The Balaban J connectivity index is 1.89. The lowest BCUT2D eigenvalue weighted by Gasteiger charge is -2.18. The third-order valence-electron chi connectivity index (χ3n) is 4.19. The Bertz CT molecular complexity index is 875. The van der Waals surface area contributed by atoms with E-state index in [1.54, 1.807) is 11.3 Å². The minimum Gasteiger partial charge on any atom is -0.344 e. The van der Waals surface area contributed by atoms with Crippen LogP contribution in [0.1, 0.15) is 34.1 Å². The highest BCUT2D eigenvalue weighted by atomic mass is 35.5. The van der Waals surface area contributed by atoms with Crippen LogP contribution in [0.15, 0.2) is 40.6 Å². The maximum Gasteiger partial charge on any atom is 0.253 e. The highest BCUT2D eigenvalue weighted by Gasteiger charge is 2.34. The predicted octanol–water partition coefficient (Wildman–Crippen LogP) is 3.53. The van der Waals surface area contributed by atoms with Gasteiger partial charge in [0.25, 0.3) is 5.91 Å². The van der Waals surface area contributed by atoms with Gasteiger partial charge in [-0.3, -0.25) is 4.79 Å². The summed E-state index contributed by atoms with van der Waals surface area (Å²) in [4.78, 5) is 13.9. The number of nitrogens with zero attached hydrogens (tertiary/aromatic N) is 1. The molecule has 134 valence electrons. The molecule has 1 saturated carbocycles. The summed E-state index contributed by atoms with van der Waals surface area (Å²) < 4.78 is 25.7. The van der Waals surface area contributed by atoms with Gasteiger partial charge in [0.05, 0.1) is 21.5 Å². The molecule has 1 aromatic carbocycles. The van der Waals surface area contributed by atoms with Gasteiger partial charge in [-0.05, 0) is 48.4 Å². The van der Waals surface area contributed by atoms with Gasteiger partial charge in [-0.1, -0.05) is 17.7 Å². The third kappa shape index (κ3) is 3.89. The van der Waals surface area contributed by atoms with E-state index in [9.17, 15) is 13.2 Å². The molecular weight excluding hydrogens is 380 g/mol. The van der Waals surface area contributed by atoms with Gasteiger partial charge in [-0.15, -0.1) is 11.3 Å². The number of nitrogens with one attached hydrogen (secondary N) is 1. The minimum absolute atomic E-state index is 0.0474. The number of benzene rings is 1. The summed E-state index contributed by atoms with van der Waals surface area (Å²) in [5, 5.41) is 5.24. The molecule has 0 aliphatic heterocycles. The molecule has 1 atom stereocenters. The standard InChI is InChI=1S/C17H19ClN2O3S2/c1-20(2)25(22,23)12-7-8-14(18)13(10-12)17(21)19-16(11-5-6-11)15-4-3-9-24-15/h3-4,7-11,16H,5-6H2,1-2H3,(H,19,21)/t16-/m1/s1. The lowest BCUT2D eigenvalue weighted by molar-refractivity contribution is 0.0932. The van der Waals surface area contributed by atoms with Gasteiger partial charge in [0.15, 0.2) is 0 Å². The number of rotatable bonds is 6. The fourth-order valence-electron chi connectivity index (χ4n) is 2.59. The van der Waals surface area contributed by atoms with Crippen molar-refractivity contribution >= 4 is 38.9 Å². The van der Waals surface area contributed by atoms with Crippen molar-refractivity contribution in [3.63, 3.8) is 0 Å². The fraction of sp³-hybridized carbons (Fsp3) is 0.353. The number of sulfonamides is 1. The predicted molar refractivity (Wildman–Crippen MR) is 99.6 cm³/mol. The molecule has 0 saturated heterocycles. The van der Waals surface area contributed by atoms with Crippen LogP contribution in [-0.2, 0) is 10.0 Å². The quantitative estimate of drug-likeness (QED) is 0.809. The maximum absolute atomic E-state index is 12.8. The summed E-state index contributed by atoms with van der Waals surface area (Å²) in [5.41, 5.74) is 0.173. The highest BCUT2D eigenvalue weighted by Crippen LogP contribution is 2.42. The molecule has 1 aliphatic carbocycles. The van der Waals surface area contributed by atoms with Crippen molar-refractivity contribution < 1.29 is 13.2 Å². The first-order valence-electron chi connectivity index (χ1n) is 7.87. The molecule has 1 aromatic heterocycles. The first-order chi connectivity index (χ1) is 11.8. The zero-order valence-corrected chi connectivity index (χ0v) is 16.3. The fourth-order valence-corrected chi connectivity index (χ4v) is 4.59. The smallest absolute Gasteiger partial charge is 0.253 e. The summed E-state index contributed by atoms with van der Waals surface area (Å²) in [6, 6.07) is 8.10. The first kappa shape index (κ1) is 18.4. The summed E-state index contributed by atoms with van der Waals surface area (Å²) in [7, 11) is -0.733. The van der Waals surface area contributed by atoms with Crippen LogP contribution in [0.4, 0.5) is 0 Å². The van der Waals surface area contributed by atoms with Crippen LogP contribution in [0.2, 0.25) is 5.02 Å². The molecule has 1 fully saturated rings. The second-order valence-electron chi connectivity index (χ2n) is 6.23. The largest absolute Gasteiger partial charge is 0.344 e. The van der Waals surface area contributed by atoms with Crippen LogP contribution in [0, 0.1) is 5.92 Å². The van der Waals surface area contributed by atoms with Gasteiger partial charge in [0.2, 0.25) is 10.0 Å². The van der Waals surface area contributed by atoms with Crippen molar-refractivity contribution in [2.45, 2.75) is 23.8 Å². The summed E-state index contributed by atoms with van der Waals surface area (Å²) in [6.45, 7) is 0. The van der Waals surface area contributed by atoms with Gasteiger partial charge in [0, 0.05) is 19.0 Å². The van der Waals surface area contributed by atoms with E-state index in [0.717, 1.165) is 22.0 Å². The number of carbonyl (C=O) groups excluding carboxylic acids is 1. The van der Waals surface area contributed by atoms with Crippen molar-refractivity contribution in [1.29, 1.82) is 0 Å². The molecule has 1 amide bonds. The van der Waals surface area contributed by atoms with Crippen molar-refractivity contribution in [3.05, 3.63) is 51.2 Å². The summed E-state index contributed by atoms with van der Waals surface area (Å²) in [6.07, 6.45) is 2.15. The average molecular weight is 399 g/mol. The Morgan fingerprint density at radius 3 is 2.60 bits per heavy atom. The van der Waals surface area contributed by atoms with Crippen LogP contribution in [0.5, 0.6) is 0 Å². The van der Waals surface area contributed by atoms with Crippen molar-refractivity contribution in [2.24, 2.45) is 5.92 Å². The highest BCUT2D eigenvalue weighted by molar-refractivity contribution is 7.89. The molecule has 0 spiro atoms. The van der Waals surface area contributed by atoms with E-state index in [0.29, 0.717) is 5.92 Å². The lowest BCUT2D eigenvalue weighted by Crippen LogP contribution is -2.30. The summed E-state index contributed by atoms with van der Waals surface area (Å²) >= 11 is 7.76. The Morgan fingerprint density at radius 2 is 2.04 bits per heavy atom. The van der Waals surface area contributed by atoms with Crippen molar-refractivity contribution in [3.8, 4) is 0 Å². The normalized spacial score (nSPS) is 16.0. The minimum atomic E-state index is -3.63. The Morgan fingerprint density at radius 1 is 1.32 bits per heavy atom. The third-order valence-corrected chi connectivity index (χ3v) is 7.29. The molecule has 1 heterocycles. The van der Waals surface area contributed by atoms with Crippen molar-refractivity contribution in [1.82, 2.24) is 9.62 Å². The van der Waals surface area contributed by atoms with E-state index in [2.05, 4.69) is 5.32 Å². The number of halogens is 1. The second kappa shape index (κ2) is 7.07. The zero-order valence-electron chi connectivity index (χ0n) is 13.9. The number of amides is 1. The topological polar surface area (TPSA) is 66.5 Å². The molecule has 1 N–H and O–H groups in total. The van der Waals surface area contributed by atoms with Gasteiger partial charge in [0.1, 0.15) is 0 Å². The molecule has 1 aliphatic rings. The van der Waals surface area contributed by atoms with E-state index in [4.69, 9.17) is 11.6 Å². The number of hydrogen-bond donors (Lipinski definition) is 1. The number of carbonyl (C=O) groups is 1. The van der Waals surface area contributed by atoms with Crippen LogP contribution >= 0.6 is 22.9 Å². The second-order valence-corrected chi connectivity index (χ2v) is 9.77. The SMILES string of the molecule is CN(C)S(=O)(=O)c1ccc(Cl)c(C(=O)N[C@@H](c2cccs2)C2CC2)c1. The van der Waals surface area contributed by atoms with Crippen LogP contribution in [0.25, 0.3) is 0 Å². The summed E-state index contributed by atoms with van der Waals surface area (Å²) in [5.74, 6) is 0.0705. The van der Waals surface area contributed by atoms with E-state index in [1.807, 2.05) is 17.5 Å². The van der Waals surface area contributed by atoms with E-state index >= 15 is 0 Å². The van der Waals surface area contributed by atoms with E-state index in [-0.39, 0.29) is 27.4 Å². The monoisotopic (exact) mass is 398 g/mol. The van der Waals surface area contributed by atoms with Crippen LogP contribution < -0.4 is 5.32 Å². The molecule has 2 aromatic rings. The maximum atomic E-state index is 12.8. The average Bonchev–Trinajstić information content (AvgIpc) is 3.26. The molecule has 25 heavy (non-hydrogen) atoms. The lowest BCUT2D eigenvalue weighted by atomic mass is 10.1. The molecule has 0 unspecified atom stereocenters. The molecule has 0 bridgehead atoms. The van der Waals surface area contributed by atoms with Gasteiger partial charge in [-0.25, -0.2) is 12.7 Å². The van der Waals surface area contributed by atoms with Gasteiger partial charge < -0.3 is 5.32 Å². The Kier molecular flexibility index (Phi) is 5.20. The zero-order chi connectivity index (χ0) is 18.2. The molecule has 5 nitrogen and oxygen atoms in total. The first-order valence-corrected chi connectivity index (χ1v) is 10.6.